The summed E-state index contributed by atoms with van der Waals surface area (Å²) in [7, 11) is 2.02. The number of aromatic nitrogens is 3. The smallest absolute Gasteiger partial charge is 0.229 e. The molecule has 2 fully saturated rings. The van der Waals surface area contributed by atoms with Gasteiger partial charge in [-0.1, -0.05) is 0 Å². The predicted octanol–water partition coefficient (Wildman–Crippen LogP) is 0.179. The molecule has 2 aliphatic rings. The normalized spacial score (nSPS) is 32.5. The van der Waals surface area contributed by atoms with E-state index in [1.54, 1.807) is 0 Å². The summed E-state index contributed by atoms with van der Waals surface area (Å²) < 4.78 is 0. The number of nitrogens with one attached hydrogen (secondary N) is 1. The van der Waals surface area contributed by atoms with Gasteiger partial charge in [0.1, 0.15) is 6.33 Å². The number of rotatable bonds is 2. The summed E-state index contributed by atoms with van der Waals surface area (Å²) in [5.74, 6) is 2.19. The van der Waals surface area contributed by atoms with E-state index in [0.29, 0.717) is 12.0 Å². The Labute approximate surface area is 92.9 Å². The summed E-state index contributed by atoms with van der Waals surface area (Å²) in [5, 5.41) is 3.62. The maximum Gasteiger partial charge on any atom is 0.229 e. The molecule has 0 radical (unpaired) electrons. The summed E-state index contributed by atoms with van der Waals surface area (Å²) in [6.45, 7) is 2.22. The highest BCUT2D eigenvalue weighted by Gasteiger charge is 2.55. The first-order chi connectivity index (χ1) is 7.27. The first-order valence-electron chi connectivity index (χ1n) is 5.05. The number of nitrogens with zero attached hydrogens (tertiary/aromatic N) is 4. The first-order valence-corrected chi connectivity index (χ1v) is 5.43. The molecular weight excluding hydrogens is 214 g/mol. The molecule has 2 heterocycles. The standard InChI is InChI=1S/C9H12ClN5/c1-15(7-5-2-11-3-6(5)7)9-13-4-12-8(10)14-9/h4-7,11H,2-3H2,1H3/t5-,6+,7?. The molecule has 0 bridgehead atoms. The molecule has 0 spiro atoms. The highest BCUT2D eigenvalue weighted by Crippen LogP contribution is 2.45. The molecule has 1 aromatic heterocycles. The van der Waals surface area contributed by atoms with Gasteiger partial charge >= 0.3 is 0 Å². The number of fused-ring (bicyclic) bond motifs is 1. The molecule has 6 heteroatoms. The van der Waals surface area contributed by atoms with Gasteiger partial charge in [-0.05, 0) is 23.4 Å². The second-order valence-electron chi connectivity index (χ2n) is 4.14. The number of anilines is 1. The quantitative estimate of drug-likeness (QED) is 0.778. The molecule has 15 heavy (non-hydrogen) atoms. The van der Waals surface area contributed by atoms with Gasteiger partial charge in [-0.15, -0.1) is 0 Å². The third-order valence-corrected chi connectivity index (χ3v) is 3.52. The lowest BCUT2D eigenvalue weighted by molar-refractivity contribution is 0.645. The molecule has 1 N–H and O–H groups in total. The monoisotopic (exact) mass is 225 g/mol. The third-order valence-electron chi connectivity index (χ3n) is 3.34. The molecular formula is C9H12ClN5. The van der Waals surface area contributed by atoms with Gasteiger partial charge in [0.05, 0.1) is 0 Å². The average Bonchev–Trinajstić information content (AvgIpc) is 2.70. The lowest BCUT2D eigenvalue weighted by atomic mass is 10.4. The van der Waals surface area contributed by atoms with Gasteiger partial charge in [0.2, 0.25) is 11.2 Å². The Bertz CT molecular complexity index is 375. The van der Waals surface area contributed by atoms with Crippen LogP contribution in [0.1, 0.15) is 0 Å². The molecule has 0 amide bonds. The van der Waals surface area contributed by atoms with Crippen LogP contribution in [0, 0.1) is 11.8 Å². The minimum atomic E-state index is 0.260. The summed E-state index contributed by atoms with van der Waals surface area (Å²) in [6, 6.07) is 0.574. The van der Waals surface area contributed by atoms with Gasteiger partial charge in [-0.3, -0.25) is 0 Å². The molecule has 1 unspecified atom stereocenters. The molecule has 80 valence electrons. The van der Waals surface area contributed by atoms with E-state index in [1.165, 1.54) is 6.33 Å². The highest BCUT2D eigenvalue weighted by molar-refractivity contribution is 6.28. The van der Waals surface area contributed by atoms with Crippen molar-refractivity contribution in [2.24, 2.45) is 11.8 Å². The second-order valence-corrected chi connectivity index (χ2v) is 4.48. The SMILES string of the molecule is CN(c1ncnc(Cl)n1)C1[C@H]2CNC[C@@H]12. The van der Waals surface area contributed by atoms with Gasteiger partial charge < -0.3 is 10.2 Å². The lowest BCUT2D eigenvalue weighted by Crippen LogP contribution is -2.30. The second kappa shape index (κ2) is 3.28. The van der Waals surface area contributed by atoms with Crippen molar-refractivity contribution < 1.29 is 0 Å². The Morgan fingerprint density at radius 3 is 2.80 bits per heavy atom. The van der Waals surface area contributed by atoms with E-state index in [0.717, 1.165) is 24.9 Å². The van der Waals surface area contributed by atoms with Crippen LogP contribution < -0.4 is 10.2 Å². The first kappa shape index (κ1) is 9.30. The van der Waals surface area contributed by atoms with E-state index in [1.807, 2.05) is 7.05 Å². The Morgan fingerprint density at radius 1 is 1.40 bits per heavy atom. The number of piperidine rings is 1. The summed E-state index contributed by atoms with van der Waals surface area (Å²) >= 11 is 5.73. The minimum absolute atomic E-state index is 0.260. The van der Waals surface area contributed by atoms with E-state index >= 15 is 0 Å². The molecule has 3 atom stereocenters. The zero-order valence-electron chi connectivity index (χ0n) is 8.39. The maximum absolute atomic E-state index is 5.73. The molecule has 1 saturated heterocycles. The van der Waals surface area contributed by atoms with Crippen LogP contribution in [0.25, 0.3) is 0 Å². The van der Waals surface area contributed by atoms with Gasteiger partial charge in [0, 0.05) is 26.2 Å². The third kappa shape index (κ3) is 1.46. The van der Waals surface area contributed by atoms with Crippen LogP contribution in [0.5, 0.6) is 0 Å². The molecule has 1 aromatic rings. The van der Waals surface area contributed by atoms with Crippen LogP contribution in [0.4, 0.5) is 5.95 Å². The molecule has 1 aliphatic heterocycles. The molecule has 1 saturated carbocycles. The van der Waals surface area contributed by atoms with Crippen molar-refractivity contribution in [3.05, 3.63) is 11.6 Å². The van der Waals surface area contributed by atoms with Crippen molar-refractivity contribution in [2.45, 2.75) is 6.04 Å². The van der Waals surface area contributed by atoms with E-state index < -0.39 is 0 Å². The van der Waals surface area contributed by atoms with Crippen LogP contribution in [0.3, 0.4) is 0 Å². The van der Waals surface area contributed by atoms with Crippen LogP contribution in [0.2, 0.25) is 5.28 Å². The lowest BCUT2D eigenvalue weighted by Gasteiger charge is -2.18. The van der Waals surface area contributed by atoms with E-state index in [4.69, 9.17) is 11.6 Å². The molecule has 0 aromatic carbocycles. The maximum atomic E-state index is 5.73. The van der Waals surface area contributed by atoms with E-state index in [2.05, 4.69) is 25.2 Å². The summed E-state index contributed by atoms with van der Waals surface area (Å²) in [4.78, 5) is 14.1. The van der Waals surface area contributed by atoms with Gasteiger partial charge in [-0.2, -0.15) is 4.98 Å². The Balaban J connectivity index is 1.78. The minimum Gasteiger partial charge on any atom is -0.340 e. The van der Waals surface area contributed by atoms with Crippen LogP contribution in [-0.4, -0.2) is 41.1 Å². The Morgan fingerprint density at radius 2 is 2.13 bits per heavy atom. The predicted molar refractivity (Wildman–Crippen MR) is 56.9 cm³/mol. The van der Waals surface area contributed by atoms with Crippen LogP contribution in [-0.2, 0) is 0 Å². The fourth-order valence-corrected chi connectivity index (χ4v) is 2.65. The molecule has 1 aliphatic carbocycles. The topological polar surface area (TPSA) is 53.9 Å². The van der Waals surface area contributed by atoms with Crippen molar-refractivity contribution in [1.29, 1.82) is 0 Å². The van der Waals surface area contributed by atoms with Gasteiger partial charge in [0.15, 0.2) is 0 Å². The fraction of sp³-hybridized carbons (Fsp3) is 0.667. The van der Waals surface area contributed by atoms with E-state index in [-0.39, 0.29) is 5.28 Å². The largest absolute Gasteiger partial charge is 0.340 e. The zero-order valence-corrected chi connectivity index (χ0v) is 9.15. The summed E-state index contributed by atoms with van der Waals surface area (Å²) in [6.07, 6.45) is 1.46. The molecule has 3 rings (SSSR count). The van der Waals surface area contributed by atoms with Crippen molar-refractivity contribution >= 4 is 17.5 Å². The van der Waals surface area contributed by atoms with Gasteiger partial charge in [0.25, 0.3) is 0 Å². The zero-order chi connectivity index (χ0) is 10.4. The van der Waals surface area contributed by atoms with Crippen molar-refractivity contribution in [1.82, 2.24) is 20.3 Å². The van der Waals surface area contributed by atoms with Crippen molar-refractivity contribution in [3.8, 4) is 0 Å². The summed E-state index contributed by atoms with van der Waals surface area (Å²) in [5.41, 5.74) is 0. The molecule has 5 nitrogen and oxygen atoms in total. The Hall–Kier alpha value is -0.940. The fourth-order valence-electron chi connectivity index (χ4n) is 2.53. The van der Waals surface area contributed by atoms with E-state index in [9.17, 15) is 0 Å². The number of halogens is 1. The van der Waals surface area contributed by atoms with Crippen LogP contribution >= 0.6 is 11.6 Å². The average molecular weight is 226 g/mol. The van der Waals surface area contributed by atoms with Crippen LogP contribution in [0.15, 0.2) is 6.33 Å². The number of hydrogen-bond donors (Lipinski definition) is 1. The Kier molecular flexibility index (Phi) is 2.03. The van der Waals surface area contributed by atoms with Crippen molar-refractivity contribution in [3.63, 3.8) is 0 Å². The number of hydrogen-bond acceptors (Lipinski definition) is 5. The van der Waals surface area contributed by atoms with Gasteiger partial charge in [-0.25, -0.2) is 9.97 Å². The van der Waals surface area contributed by atoms with Crippen molar-refractivity contribution in [2.75, 3.05) is 25.0 Å². The highest BCUT2D eigenvalue weighted by atomic mass is 35.5.